The van der Waals surface area contributed by atoms with Crippen molar-refractivity contribution in [1.82, 2.24) is 10.6 Å². The van der Waals surface area contributed by atoms with Crippen molar-refractivity contribution in [1.29, 1.82) is 0 Å². The van der Waals surface area contributed by atoms with E-state index in [0.29, 0.717) is 12.6 Å². The van der Waals surface area contributed by atoms with Crippen molar-refractivity contribution < 1.29 is 4.79 Å². The van der Waals surface area contributed by atoms with Crippen LogP contribution in [0.4, 0.5) is 0 Å². The Bertz CT molecular complexity index is 320. The summed E-state index contributed by atoms with van der Waals surface area (Å²) in [4.78, 5) is 11.3. The van der Waals surface area contributed by atoms with Gasteiger partial charge in [0.15, 0.2) is 0 Å². The molecule has 2 rings (SSSR count). The van der Waals surface area contributed by atoms with Crippen molar-refractivity contribution in [2.75, 3.05) is 6.54 Å². The fraction of sp³-hybridized carbons (Fsp3) is 0.333. The third kappa shape index (κ3) is 3.72. The maximum atomic E-state index is 11.3. The van der Waals surface area contributed by atoms with Gasteiger partial charge in [-0.1, -0.05) is 30.3 Å². The van der Waals surface area contributed by atoms with Crippen molar-refractivity contribution in [3.05, 3.63) is 42.4 Å². The molecule has 0 aromatic heterocycles. The fourth-order valence-corrected chi connectivity index (χ4v) is 1.29. The molecule has 1 radical (unpaired) electrons. The molecule has 1 saturated carbocycles. The SMILES string of the molecule is O=C(CNC1CC1)N[CH]c1ccccc1. The molecule has 1 aromatic rings. The number of carbonyl (C=O) groups is 1. The molecule has 1 amide bonds. The van der Waals surface area contributed by atoms with Gasteiger partial charge in [0, 0.05) is 6.04 Å². The number of rotatable bonds is 5. The zero-order valence-electron chi connectivity index (χ0n) is 8.57. The summed E-state index contributed by atoms with van der Waals surface area (Å²) in [5.41, 5.74) is 1.01. The van der Waals surface area contributed by atoms with Gasteiger partial charge in [0.25, 0.3) is 0 Å². The lowest BCUT2D eigenvalue weighted by molar-refractivity contribution is -0.119. The van der Waals surface area contributed by atoms with Crippen molar-refractivity contribution in [3.63, 3.8) is 0 Å². The molecule has 3 nitrogen and oxygen atoms in total. The first kappa shape index (κ1) is 10.2. The first-order valence-electron chi connectivity index (χ1n) is 5.25. The molecule has 0 bridgehead atoms. The number of amides is 1. The van der Waals surface area contributed by atoms with Gasteiger partial charge in [-0.3, -0.25) is 4.79 Å². The van der Waals surface area contributed by atoms with Crippen molar-refractivity contribution >= 4 is 5.91 Å². The van der Waals surface area contributed by atoms with E-state index in [9.17, 15) is 4.79 Å². The highest BCUT2D eigenvalue weighted by molar-refractivity contribution is 5.79. The topological polar surface area (TPSA) is 41.1 Å². The second kappa shape index (κ2) is 4.94. The Balaban J connectivity index is 1.66. The Kier molecular flexibility index (Phi) is 3.35. The minimum Gasteiger partial charge on any atom is -0.346 e. The lowest BCUT2D eigenvalue weighted by Gasteiger charge is -2.05. The van der Waals surface area contributed by atoms with Crippen LogP contribution in [0.5, 0.6) is 0 Å². The molecule has 0 heterocycles. The average Bonchev–Trinajstić information content (AvgIpc) is 3.09. The summed E-state index contributed by atoms with van der Waals surface area (Å²) in [6.45, 7) is 2.14. The smallest absolute Gasteiger partial charge is 0.234 e. The van der Waals surface area contributed by atoms with Gasteiger partial charge < -0.3 is 10.6 Å². The molecule has 1 aliphatic carbocycles. The molecule has 2 N–H and O–H groups in total. The Labute approximate surface area is 89.9 Å². The Morgan fingerprint density at radius 2 is 2.07 bits per heavy atom. The molecule has 15 heavy (non-hydrogen) atoms. The largest absolute Gasteiger partial charge is 0.346 e. The van der Waals surface area contributed by atoms with E-state index in [4.69, 9.17) is 0 Å². The normalized spacial score (nSPS) is 14.9. The van der Waals surface area contributed by atoms with Crippen LogP contribution in [0.1, 0.15) is 18.4 Å². The maximum Gasteiger partial charge on any atom is 0.234 e. The van der Waals surface area contributed by atoms with Crippen molar-refractivity contribution in [2.45, 2.75) is 18.9 Å². The van der Waals surface area contributed by atoms with E-state index in [1.54, 1.807) is 6.54 Å². The van der Waals surface area contributed by atoms with Crippen LogP contribution in [0.2, 0.25) is 0 Å². The summed E-state index contributed by atoms with van der Waals surface area (Å²) in [5, 5.41) is 5.92. The van der Waals surface area contributed by atoms with E-state index in [1.807, 2.05) is 30.3 Å². The molecule has 0 aliphatic heterocycles. The first-order valence-corrected chi connectivity index (χ1v) is 5.25. The lowest BCUT2D eigenvalue weighted by atomic mass is 10.2. The molecule has 1 aromatic carbocycles. The van der Waals surface area contributed by atoms with Crippen molar-refractivity contribution in [2.24, 2.45) is 0 Å². The highest BCUT2D eigenvalue weighted by Gasteiger charge is 2.20. The molecule has 0 saturated heterocycles. The quantitative estimate of drug-likeness (QED) is 0.751. The molecule has 1 fully saturated rings. The van der Waals surface area contributed by atoms with E-state index in [2.05, 4.69) is 10.6 Å². The summed E-state index contributed by atoms with van der Waals surface area (Å²) in [5.74, 6) is 0.0192. The van der Waals surface area contributed by atoms with Crippen LogP contribution in [0.15, 0.2) is 30.3 Å². The molecule has 79 valence electrons. The summed E-state index contributed by atoms with van der Waals surface area (Å²) >= 11 is 0. The number of nitrogens with one attached hydrogen (secondary N) is 2. The van der Waals surface area contributed by atoms with E-state index < -0.39 is 0 Å². The molecule has 3 heteroatoms. The maximum absolute atomic E-state index is 11.3. The van der Waals surface area contributed by atoms with Gasteiger partial charge in [0.2, 0.25) is 5.91 Å². The standard InChI is InChI=1S/C12H15N2O/c15-12(9-13-11-6-7-11)14-8-10-4-2-1-3-5-10/h1-5,8,11,13H,6-7,9H2,(H,14,15). The Morgan fingerprint density at radius 1 is 1.33 bits per heavy atom. The van der Waals surface area contributed by atoms with Crippen LogP contribution >= 0.6 is 0 Å². The zero-order valence-corrected chi connectivity index (χ0v) is 8.57. The Morgan fingerprint density at radius 3 is 2.73 bits per heavy atom. The van der Waals surface area contributed by atoms with Crippen LogP contribution in [-0.2, 0) is 4.79 Å². The van der Waals surface area contributed by atoms with Crippen LogP contribution in [0.25, 0.3) is 0 Å². The molecule has 0 spiro atoms. The van der Waals surface area contributed by atoms with Gasteiger partial charge in [-0.25, -0.2) is 0 Å². The molecular weight excluding hydrogens is 188 g/mol. The summed E-state index contributed by atoms with van der Waals surface area (Å²) < 4.78 is 0. The number of hydrogen-bond donors (Lipinski definition) is 2. The van der Waals surface area contributed by atoms with Crippen LogP contribution in [0.3, 0.4) is 0 Å². The third-order valence-electron chi connectivity index (χ3n) is 2.33. The summed E-state index contributed by atoms with van der Waals surface area (Å²) in [7, 11) is 0. The summed E-state index contributed by atoms with van der Waals surface area (Å²) in [6.07, 6.45) is 2.41. The highest BCUT2D eigenvalue weighted by atomic mass is 16.1. The van der Waals surface area contributed by atoms with Crippen LogP contribution < -0.4 is 10.6 Å². The first-order chi connectivity index (χ1) is 7.34. The second-order valence-corrected chi connectivity index (χ2v) is 3.78. The highest BCUT2D eigenvalue weighted by Crippen LogP contribution is 2.17. The minimum absolute atomic E-state index is 0.0192. The van der Waals surface area contributed by atoms with E-state index in [0.717, 1.165) is 5.56 Å². The van der Waals surface area contributed by atoms with Gasteiger partial charge in [0.05, 0.1) is 13.1 Å². The molecule has 0 atom stereocenters. The van der Waals surface area contributed by atoms with Gasteiger partial charge >= 0.3 is 0 Å². The third-order valence-corrected chi connectivity index (χ3v) is 2.33. The van der Waals surface area contributed by atoms with Gasteiger partial charge in [0.1, 0.15) is 0 Å². The predicted molar refractivity (Wildman–Crippen MR) is 59.0 cm³/mol. The van der Waals surface area contributed by atoms with E-state index in [1.165, 1.54) is 12.8 Å². The van der Waals surface area contributed by atoms with E-state index in [-0.39, 0.29) is 5.91 Å². The predicted octanol–water partition coefficient (Wildman–Crippen LogP) is 1.06. The number of carbonyl (C=O) groups excluding carboxylic acids is 1. The van der Waals surface area contributed by atoms with E-state index >= 15 is 0 Å². The van der Waals surface area contributed by atoms with Crippen molar-refractivity contribution in [3.8, 4) is 0 Å². The number of hydrogen-bond acceptors (Lipinski definition) is 2. The minimum atomic E-state index is 0.0192. The second-order valence-electron chi connectivity index (χ2n) is 3.78. The van der Waals surface area contributed by atoms with Crippen LogP contribution in [0, 0.1) is 6.54 Å². The summed E-state index contributed by atoms with van der Waals surface area (Å²) in [6, 6.07) is 10.3. The zero-order chi connectivity index (χ0) is 10.5. The fourth-order valence-electron chi connectivity index (χ4n) is 1.29. The molecular formula is C12H15N2O. The lowest BCUT2D eigenvalue weighted by Crippen LogP contribution is -2.33. The number of benzene rings is 1. The van der Waals surface area contributed by atoms with Gasteiger partial charge in [-0.05, 0) is 18.4 Å². The van der Waals surface area contributed by atoms with Crippen LogP contribution in [-0.4, -0.2) is 18.5 Å². The Hall–Kier alpha value is -1.35. The average molecular weight is 203 g/mol. The van der Waals surface area contributed by atoms with Gasteiger partial charge in [-0.2, -0.15) is 0 Å². The monoisotopic (exact) mass is 203 g/mol. The van der Waals surface area contributed by atoms with Gasteiger partial charge in [-0.15, -0.1) is 0 Å². The molecule has 0 unspecified atom stereocenters. The molecule has 1 aliphatic rings.